The number of carboxylic acid groups (broad SMARTS) is 1. The minimum absolute atomic E-state index is 0.180. The summed E-state index contributed by atoms with van der Waals surface area (Å²) in [6, 6.07) is 2.10. The molecule has 2 N–H and O–H groups in total. The normalized spacial score (nSPS) is 24.0. The molecule has 2 amide bonds. The third-order valence-corrected chi connectivity index (χ3v) is 8.08. The van der Waals surface area contributed by atoms with E-state index in [0.29, 0.717) is 25.5 Å². The first-order valence-corrected chi connectivity index (χ1v) is 14.6. The predicted molar refractivity (Wildman–Crippen MR) is 157 cm³/mol. The van der Waals surface area contributed by atoms with E-state index in [9.17, 15) is 28.3 Å². The molecule has 13 heteroatoms. The van der Waals surface area contributed by atoms with E-state index in [2.05, 4.69) is 21.9 Å². The number of benzene rings is 1. The van der Waals surface area contributed by atoms with E-state index in [4.69, 9.17) is 14.2 Å². The van der Waals surface area contributed by atoms with Crippen molar-refractivity contribution in [2.75, 3.05) is 13.7 Å². The van der Waals surface area contributed by atoms with Gasteiger partial charge in [-0.15, -0.1) is 6.58 Å². The monoisotopic (exact) mass is 618 g/mol. The Morgan fingerprint density at radius 2 is 1.89 bits per heavy atom. The molecule has 240 valence electrons. The Morgan fingerprint density at radius 1 is 1.18 bits per heavy atom. The SMILES string of the molecule is C=CCC1CC1OC(=O)NC(C(=O)N1CC(Oc2nc3cc(OC)ccc3nc2C(C)(F)F)C(CC)C1C(=O)O)C(C)(C)C. The molecule has 1 aliphatic heterocycles. The Morgan fingerprint density at radius 3 is 2.45 bits per heavy atom. The number of amides is 2. The summed E-state index contributed by atoms with van der Waals surface area (Å²) in [6.07, 6.45) is 1.33. The van der Waals surface area contributed by atoms with Crippen LogP contribution in [0.2, 0.25) is 0 Å². The highest BCUT2D eigenvalue weighted by atomic mass is 19.3. The molecule has 6 unspecified atom stereocenters. The fraction of sp³-hybridized carbons (Fsp3) is 0.581. The van der Waals surface area contributed by atoms with Crippen molar-refractivity contribution in [1.82, 2.24) is 20.2 Å². The zero-order valence-corrected chi connectivity index (χ0v) is 25.8. The first-order valence-electron chi connectivity index (χ1n) is 14.6. The number of methoxy groups -OCH3 is 1. The summed E-state index contributed by atoms with van der Waals surface area (Å²) in [5.41, 5.74) is -1.11. The van der Waals surface area contributed by atoms with Gasteiger partial charge in [-0.05, 0) is 36.8 Å². The first kappa shape index (κ1) is 32.9. The zero-order chi connectivity index (χ0) is 32.6. The number of aliphatic carboxylic acids is 1. The fourth-order valence-electron chi connectivity index (χ4n) is 5.62. The van der Waals surface area contributed by atoms with Gasteiger partial charge in [-0.3, -0.25) is 4.79 Å². The number of carbonyl (C=O) groups is 3. The number of alkyl halides is 2. The highest BCUT2D eigenvalue weighted by Crippen LogP contribution is 2.39. The fourth-order valence-corrected chi connectivity index (χ4v) is 5.62. The number of aromatic nitrogens is 2. The van der Waals surface area contributed by atoms with Crippen LogP contribution in [0.3, 0.4) is 0 Å². The lowest BCUT2D eigenvalue weighted by molar-refractivity contribution is -0.151. The van der Waals surface area contributed by atoms with E-state index < -0.39 is 65.0 Å². The summed E-state index contributed by atoms with van der Waals surface area (Å²) in [5, 5.41) is 12.9. The summed E-state index contributed by atoms with van der Waals surface area (Å²) in [5.74, 6) is -6.01. The number of rotatable bonds is 11. The van der Waals surface area contributed by atoms with Crippen LogP contribution in [-0.2, 0) is 20.2 Å². The highest BCUT2D eigenvalue weighted by Gasteiger charge is 2.52. The van der Waals surface area contributed by atoms with E-state index in [0.717, 1.165) is 4.90 Å². The van der Waals surface area contributed by atoms with Crippen LogP contribution in [-0.4, -0.2) is 75.9 Å². The molecule has 6 atom stereocenters. The van der Waals surface area contributed by atoms with Crippen molar-refractivity contribution in [2.45, 2.75) is 84.1 Å². The lowest BCUT2D eigenvalue weighted by Crippen LogP contribution is -2.57. The van der Waals surface area contributed by atoms with Crippen LogP contribution in [0.15, 0.2) is 30.9 Å². The lowest BCUT2D eigenvalue weighted by Gasteiger charge is -2.34. The maximum atomic E-state index is 14.7. The lowest BCUT2D eigenvalue weighted by atomic mass is 9.85. The Bertz CT molecular complexity index is 1420. The van der Waals surface area contributed by atoms with E-state index in [1.165, 1.54) is 19.2 Å². The molecule has 1 aromatic carbocycles. The van der Waals surface area contributed by atoms with Crippen molar-refractivity contribution >= 4 is 29.0 Å². The molecule has 2 heterocycles. The van der Waals surface area contributed by atoms with Gasteiger partial charge in [0.05, 0.1) is 24.7 Å². The number of nitrogens with zero attached hydrogens (tertiary/aromatic N) is 3. The molecular formula is C31H40F2N4O7. The molecule has 1 aromatic heterocycles. The predicted octanol–water partition coefficient (Wildman–Crippen LogP) is 4.92. The Hall–Kier alpha value is -4.03. The van der Waals surface area contributed by atoms with Gasteiger partial charge < -0.3 is 29.5 Å². The largest absolute Gasteiger partial charge is 0.497 e. The van der Waals surface area contributed by atoms with Gasteiger partial charge in [-0.1, -0.05) is 33.8 Å². The summed E-state index contributed by atoms with van der Waals surface area (Å²) >= 11 is 0. The van der Waals surface area contributed by atoms with Gasteiger partial charge in [0.15, 0.2) is 5.69 Å². The van der Waals surface area contributed by atoms with Gasteiger partial charge in [-0.2, -0.15) is 8.78 Å². The quantitative estimate of drug-likeness (QED) is 0.336. The van der Waals surface area contributed by atoms with Crippen molar-refractivity contribution in [3.8, 4) is 11.6 Å². The number of carbonyl (C=O) groups excluding carboxylic acids is 2. The maximum Gasteiger partial charge on any atom is 0.408 e. The van der Waals surface area contributed by atoms with Crippen LogP contribution in [0.25, 0.3) is 11.0 Å². The molecule has 1 aliphatic carbocycles. The minimum Gasteiger partial charge on any atom is -0.497 e. The molecule has 1 saturated carbocycles. The average molecular weight is 619 g/mol. The molecule has 1 saturated heterocycles. The number of carboxylic acids is 1. The molecule has 2 aliphatic rings. The summed E-state index contributed by atoms with van der Waals surface area (Å²) in [4.78, 5) is 48.9. The Balaban J connectivity index is 1.64. The Labute approximate surface area is 255 Å². The van der Waals surface area contributed by atoms with Crippen LogP contribution in [0.1, 0.15) is 59.6 Å². The van der Waals surface area contributed by atoms with Crippen LogP contribution in [0.4, 0.5) is 13.6 Å². The average Bonchev–Trinajstić information content (AvgIpc) is 3.55. The molecule has 0 bridgehead atoms. The Kier molecular flexibility index (Phi) is 9.36. The topological polar surface area (TPSA) is 140 Å². The number of hydrogen-bond donors (Lipinski definition) is 2. The number of allylic oxidation sites excluding steroid dienone is 1. The third-order valence-electron chi connectivity index (χ3n) is 8.08. The van der Waals surface area contributed by atoms with Crippen molar-refractivity contribution in [3.05, 3.63) is 36.5 Å². The number of likely N-dealkylation sites (tertiary alicyclic amines) is 1. The highest BCUT2D eigenvalue weighted by molar-refractivity contribution is 5.90. The van der Waals surface area contributed by atoms with Crippen LogP contribution >= 0.6 is 0 Å². The number of hydrogen-bond acceptors (Lipinski definition) is 8. The number of fused-ring (bicyclic) bond motifs is 1. The molecule has 0 radical (unpaired) electrons. The first-order chi connectivity index (χ1) is 20.6. The third kappa shape index (κ3) is 7.02. The van der Waals surface area contributed by atoms with Gasteiger partial charge in [0.1, 0.15) is 30.0 Å². The van der Waals surface area contributed by atoms with Gasteiger partial charge in [0, 0.05) is 24.8 Å². The molecule has 2 fully saturated rings. The number of ether oxygens (including phenoxy) is 3. The molecule has 2 aromatic rings. The van der Waals surface area contributed by atoms with E-state index in [1.54, 1.807) is 39.8 Å². The van der Waals surface area contributed by atoms with Crippen molar-refractivity contribution in [2.24, 2.45) is 17.3 Å². The molecule has 44 heavy (non-hydrogen) atoms. The van der Waals surface area contributed by atoms with Gasteiger partial charge >= 0.3 is 12.1 Å². The maximum absolute atomic E-state index is 14.7. The minimum atomic E-state index is -3.44. The second-order valence-electron chi connectivity index (χ2n) is 12.5. The summed E-state index contributed by atoms with van der Waals surface area (Å²) in [7, 11) is 1.45. The van der Waals surface area contributed by atoms with E-state index in [-0.39, 0.29) is 36.0 Å². The summed E-state index contributed by atoms with van der Waals surface area (Å²) < 4.78 is 46.2. The molecular weight excluding hydrogens is 578 g/mol. The smallest absolute Gasteiger partial charge is 0.408 e. The van der Waals surface area contributed by atoms with Crippen LogP contribution < -0.4 is 14.8 Å². The molecule has 11 nitrogen and oxygen atoms in total. The van der Waals surface area contributed by atoms with Crippen molar-refractivity contribution in [3.63, 3.8) is 0 Å². The van der Waals surface area contributed by atoms with Crippen molar-refractivity contribution < 1.29 is 42.5 Å². The second kappa shape index (κ2) is 12.5. The number of halogens is 2. The van der Waals surface area contributed by atoms with Gasteiger partial charge in [-0.25, -0.2) is 19.6 Å². The standard InChI is InChI=1S/C31H40F2N4O7/c1-8-10-16-13-21(16)44-29(41)36-25(30(3,4)5)27(38)37-15-22(18(9-2)23(37)28(39)40)43-26-24(31(6,32)33)34-19-12-11-17(42-7)14-20(19)35-26/h8,11-12,14,16,18,21-23,25H,1,9-10,13,15H2,2-7H3,(H,36,41)(H,39,40). The van der Waals surface area contributed by atoms with Crippen LogP contribution in [0, 0.1) is 17.3 Å². The van der Waals surface area contributed by atoms with E-state index >= 15 is 0 Å². The second-order valence-corrected chi connectivity index (χ2v) is 12.5. The number of alkyl carbamates (subject to hydrolysis) is 1. The van der Waals surface area contributed by atoms with Crippen LogP contribution in [0.5, 0.6) is 11.6 Å². The zero-order valence-electron chi connectivity index (χ0n) is 25.8. The van der Waals surface area contributed by atoms with Gasteiger partial charge in [0.2, 0.25) is 11.8 Å². The van der Waals surface area contributed by atoms with E-state index in [1.807, 2.05) is 0 Å². The summed E-state index contributed by atoms with van der Waals surface area (Å²) in [6.45, 7) is 11.0. The van der Waals surface area contributed by atoms with Gasteiger partial charge in [0.25, 0.3) is 5.92 Å². The number of nitrogens with one attached hydrogen (secondary N) is 1. The molecule has 0 spiro atoms. The molecule has 4 rings (SSSR count). The van der Waals surface area contributed by atoms with Crippen molar-refractivity contribution in [1.29, 1.82) is 0 Å².